The van der Waals surface area contributed by atoms with Gasteiger partial charge in [0, 0.05) is 11.6 Å². The second-order valence-electron chi connectivity index (χ2n) is 9.25. The lowest BCUT2D eigenvalue weighted by molar-refractivity contribution is -0.160. The number of hydrogen-bond acceptors (Lipinski definition) is 5. The van der Waals surface area contributed by atoms with Gasteiger partial charge in [0.25, 0.3) is 5.91 Å². The highest BCUT2D eigenvalue weighted by molar-refractivity contribution is 5.96. The number of methoxy groups -OCH3 is 2. The molecular formula is C28H36N2O5. The Labute approximate surface area is 207 Å². The summed E-state index contributed by atoms with van der Waals surface area (Å²) >= 11 is 0. The maximum absolute atomic E-state index is 14.0. The molecule has 1 saturated carbocycles. The minimum Gasteiger partial charge on any atom is -0.496 e. The molecule has 0 radical (unpaired) electrons. The SMILES string of the molecule is CCCOc1ccc([C@@H]2C(=O)N(C3CCCCC3)CC(=O)N2Cc2ccccc2OC)cc1OC. The van der Waals surface area contributed by atoms with Crippen LogP contribution in [-0.2, 0) is 16.1 Å². The van der Waals surface area contributed by atoms with Gasteiger partial charge in [-0.15, -0.1) is 0 Å². The third-order valence-corrected chi connectivity index (χ3v) is 6.97. The van der Waals surface area contributed by atoms with Crippen LogP contribution in [0.2, 0.25) is 0 Å². The molecule has 0 unspecified atom stereocenters. The van der Waals surface area contributed by atoms with Gasteiger partial charge >= 0.3 is 0 Å². The minimum atomic E-state index is -0.739. The largest absolute Gasteiger partial charge is 0.496 e. The van der Waals surface area contributed by atoms with Crippen LogP contribution < -0.4 is 14.2 Å². The molecule has 0 N–H and O–H groups in total. The molecule has 2 aliphatic rings. The quantitative estimate of drug-likeness (QED) is 0.519. The van der Waals surface area contributed by atoms with E-state index in [1.165, 1.54) is 6.42 Å². The zero-order chi connectivity index (χ0) is 24.8. The van der Waals surface area contributed by atoms with E-state index in [-0.39, 0.29) is 30.9 Å². The Balaban J connectivity index is 1.72. The fourth-order valence-corrected chi connectivity index (χ4v) is 5.16. The summed E-state index contributed by atoms with van der Waals surface area (Å²) in [7, 11) is 3.21. The number of rotatable bonds is 9. The molecule has 2 aromatic carbocycles. The van der Waals surface area contributed by atoms with Crippen LogP contribution in [0.1, 0.15) is 62.6 Å². The minimum absolute atomic E-state index is 0.0318. The number of hydrogen-bond donors (Lipinski definition) is 0. The molecule has 4 rings (SSSR count). The van der Waals surface area contributed by atoms with Crippen molar-refractivity contribution in [1.82, 2.24) is 9.80 Å². The lowest BCUT2D eigenvalue weighted by Gasteiger charge is -2.44. The molecule has 2 fully saturated rings. The van der Waals surface area contributed by atoms with Crippen molar-refractivity contribution in [3.05, 3.63) is 53.6 Å². The van der Waals surface area contributed by atoms with Gasteiger partial charge in [-0.25, -0.2) is 0 Å². The molecule has 2 aromatic rings. The number of nitrogens with zero attached hydrogens (tertiary/aromatic N) is 2. The molecule has 0 spiro atoms. The number of carbonyl (C=O) groups excluding carboxylic acids is 2. The summed E-state index contributed by atoms with van der Waals surface area (Å²) < 4.78 is 16.9. The Morgan fingerprint density at radius 1 is 0.914 bits per heavy atom. The predicted octanol–water partition coefficient (Wildman–Crippen LogP) is 4.74. The van der Waals surface area contributed by atoms with Gasteiger partial charge in [0.2, 0.25) is 5.91 Å². The van der Waals surface area contributed by atoms with E-state index in [9.17, 15) is 9.59 Å². The third kappa shape index (κ3) is 5.39. The highest BCUT2D eigenvalue weighted by atomic mass is 16.5. The molecular weight excluding hydrogens is 444 g/mol. The Bertz CT molecular complexity index is 1030. The lowest BCUT2D eigenvalue weighted by Crippen LogP contribution is -2.58. The van der Waals surface area contributed by atoms with Gasteiger partial charge in [-0.3, -0.25) is 9.59 Å². The van der Waals surface area contributed by atoms with Gasteiger partial charge in [-0.05, 0) is 43.0 Å². The Morgan fingerprint density at radius 3 is 2.37 bits per heavy atom. The fraction of sp³-hybridized carbons (Fsp3) is 0.500. The normalized spacial score (nSPS) is 19.1. The van der Waals surface area contributed by atoms with Gasteiger partial charge in [0.15, 0.2) is 11.5 Å². The molecule has 0 bridgehead atoms. The smallest absolute Gasteiger partial charge is 0.250 e. The van der Waals surface area contributed by atoms with Gasteiger partial charge < -0.3 is 24.0 Å². The topological polar surface area (TPSA) is 68.3 Å². The first kappa shape index (κ1) is 24.9. The highest BCUT2D eigenvalue weighted by Crippen LogP contribution is 2.38. The lowest BCUT2D eigenvalue weighted by atomic mass is 9.91. The summed E-state index contributed by atoms with van der Waals surface area (Å²) in [5.74, 6) is 1.80. The van der Waals surface area contributed by atoms with Crippen LogP contribution in [0, 0.1) is 0 Å². The molecule has 1 saturated heterocycles. The van der Waals surface area contributed by atoms with Gasteiger partial charge in [0.05, 0.1) is 27.4 Å². The number of amides is 2. The van der Waals surface area contributed by atoms with Crippen LogP contribution in [0.25, 0.3) is 0 Å². The van der Waals surface area contributed by atoms with E-state index in [1.54, 1.807) is 19.1 Å². The fourth-order valence-electron chi connectivity index (χ4n) is 5.16. The van der Waals surface area contributed by atoms with E-state index in [1.807, 2.05) is 54.3 Å². The van der Waals surface area contributed by atoms with Crippen molar-refractivity contribution in [2.75, 3.05) is 27.4 Å². The van der Waals surface area contributed by atoms with E-state index in [4.69, 9.17) is 14.2 Å². The molecule has 1 atom stereocenters. The van der Waals surface area contributed by atoms with Crippen molar-refractivity contribution in [2.45, 2.75) is 64.1 Å². The Hall–Kier alpha value is -3.22. The van der Waals surface area contributed by atoms with Crippen molar-refractivity contribution in [2.24, 2.45) is 0 Å². The number of para-hydroxylation sites is 1. The maximum atomic E-state index is 14.0. The molecule has 7 nitrogen and oxygen atoms in total. The molecule has 0 aromatic heterocycles. The van der Waals surface area contributed by atoms with Crippen LogP contribution >= 0.6 is 0 Å². The average molecular weight is 481 g/mol. The first-order valence-corrected chi connectivity index (χ1v) is 12.6. The van der Waals surface area contributed by atoms with E-state index >= 15 is 0 Å². The number of ether oxygens (including phenoxy) is 3. The molecule has 188 valence electrons. The summed E-state index contributed by atoms with van der Waals surface area (Å²) in [5, 5.41) is 0. The Morgan fingerprint density at radius 2 is 1.66 bits per heavy atom. The van der Waals surface area contributed by atoms with Crippen molar-refractivity contribution >= 4 is 11.8 Å². The van der Waals surface area contributed by atoms with Crippen LogP contribution in [-0.4, -0.2) is 55.0 Å². The summed E-state index contributed by atoms with van der Waals surface area (Å²) in [5.41, 5.74) is 1.58. The second-order valence-corrected chi connectivity index (χ2v) is 9.25. The summed E-state index contributed by atoms with van der Waals surface area (Å²) in [6.45, 7) is 3.02. The van der Waals surface area contributed by atoms with E-state index in [0.717, 1.165) is 43.2 Å². The maximum Gasteiger partial charge on any atom is 0.250 e. The van der Waals surface area contributed by atoms with Crippen LogP contribution in [0.4, 0.5) is 0 Å². The van der Waals surface area contributed by atoms with Gasteiger partial charge in [-0.1, -0.05) is 50.5 Å². The van der Waals surface area contributed by atoms with Gasteiger partial charge in [-0.2, -0.15) is 0 Å². The highest BCUT2D eigenvalue weighted by Gasteiger charge is 2.43. The van der Waals surface area contributed by atoms with Crippen molar-refractivity contribution in [3.8, 4) is 17.2 Å². The zero-order valence-corrected chi connectivity index (χ0v) is 21.0. The summed E-state index contributed by atoms with van der Waals surface area (Å²) in [4.78, 5) is 31.1. The van der Waals surface area contributed by atoms with Crippen molar-refractivity contribution in [3.63, 3.8) is 0 Å². The number of benzene rings is 2. The van der Waals surface area contributed by atoms with Crippen LogP contribution in [0.5, 0.6) is 17.2 Å². The molecule has 1 heterocycles. The predicted molar refractivity (Wildman–Crippen MR) is 134 cm³/mol. The average Bonchev–Trinajstić information content (AvgIpc) is 2.90. The first-order chi connectivity index (χ1) is 17.1. The van der Waals surface area contributed by atoms with E-state index in [2.05, 4.69) is 0 Å². The van der Waals surface area contributed by atoms with Crippen LogP contribution in [0.15, 0.2) is 42.5 Å². The zero-order valence-electron chi connectivity index (χ0n) is 21.0. The second kappa shape index (κ2) is 11.5. The summed E-state index contributed by atoms with van der Waals surface area (Å²) in [6, 6.07) is 12.5. The van der Waals surface area contributed by atoms with Crippen molar-refractivity contribution in [1.29, 1.82) is 0 Å². The molecule has 35 heavy (non-hydrogen) atoms. The van der Waals surface area contributed by atoms with Crippen molar-refractivity contribution < 1.29 is 23.8 Å². The van der Waals surface area contributed by atoms with E-state index < -0.39 is 6.04 Å². The van der Waals surface area contributed by atoms with E-state index in [0.29, 0.717) is 23.9 Å². The summed E-state index contributed by atoms with van der Waals surface area (Å²) in [6.07, 6.45) is 6.15. The third-order valence-electron chi connectivity index (χ3n) is 6.97. The monoisotopic (exact) mass is 480 g/mol. The molecule has 1 aliphatic carbocycles. The Kier molecular flexibility index (Phi) is 8.16. The number of piperazine rings is 1. The van der Waals surface area contributed by atoms with Gasteiger partial charge in [0.1, 0.15) is 18.3 Å². The first-order valence-electron chi connectivity index (χ1n) is 12.6. The molecule has 1 aliphatic heterocycles. The number of carbonyl (C=O) groups is 2. The van der Waals surface area contributed by atoms with Crippen LogP contribution in [0.3, 0.4) is 0 Å². The standard InChI is InChI=1S/C28H36N2O5/c1-4-16-35-24-15-14-20(17-25(24)34-3)27-28(32)29(22-11-6-5-7-12-22)19-26(31)30(27)18-21-10-8-9-13-23(21)33-2/h8-10,13-15,17,22,27H,4-7,11-12,16,18-19H2,1-3H3/t27-/m1/s1. The molecule has 7 heteroatoms. The molecule has 2 amide bonds.